The van der Waals surface area contributed by atoms with Crippen LogP contribution in [0.25, 0.3) is 12.2 Å². The van der Waals surface area contributed by atoms with Gasteiger partial charge in [0.15, 0.2) is 0 Å². The highest BCUT2D eigenvalue weighted by Crippen LogP contribution is 2.19. The topological polar surface area (TPSA) is 38.2 Å². The van der Waals surface area contributed by atoms with Gasteiger partial charge in [-0.1, -0.05) is 12.2 Å². The first kappa shape index (κ1) is 13.8. The Bertz CT molecular complexity index is 612. The van der Waals surface area contributed by atoms with Gasteiger partial charge >= 0.3 is 0 Å². The van der Waals surface area contributed by atoms with Crippen LogP contribution in [0.4, 0.5) is 0 Å². The second kappa shape index (κ2) is 6.50. The first-order valence-corrected chi connectivity index (χ1v) is 7.18. The van der Waals surface area contributed by atoms with Crippen LogP contribution < -0.4 is 4.74 Å². The molecule has 0 bridgehead atoms. The molecule has 2 aromatic rings. The standard InChI is InChI=1S/C17H19N3O/c1-20-9-6-16(13-20)21-17-10-15(11-19-12-17)3-2-14-4-7-18-8-5-14/h2-5,7-8,10-12,16H,6,9,13H2,1H3/b3-2+/t16-/m1/s1. The SMILES string of the molecule is CN1CC[C@@H](Oc2cncc(/C=C/c3ccncc3)c2)C1. The van der Waals surface area contributed by atoms with Gasteiger partial charge in [0.25, 0.3) is 0 Å². The van der Waals surface area contributed by atoms with E-state index in [9.17, 15) is 0 Å². The predicted octanol–water partition coefficient (Wildman–Crippen LogP) is 2.73. The fourth-order valence-corrected chi connectivity index (χ4v) is 2.44. The molecule has 1 fully saturated rings. The van der Waals surface area contributed by atoms with Crippen molar-refractivity contribution in [3.05, 3.63) is 54.1 Å². The number of rotatable bonds is 4. The highest BCUT2D eigenvalue weighted by atomic mass is 16.5. The summed E-state index contributed by atoms with van der Waals surface area (Å²) >= 11 is 0. The van der Waals surface area contributed by atoms with Crippen molar-refractivity contribution in [3.8, 4) is 5.75 Å². The van der Waals surface area contributed by atoms with Gasteiger partial charge in [0.2, 0.25) is 0 Å². The Morgan fingerprint density at radius 2 is 1.95 bits per heavy atom. The molecule has 108 valence electrons. The molecule has 2 aromatic heterocycles. The van der Waals surface area contributed by atoms with Crippen molar-refractivity contribution in [1.82, 2.24) is 14.9 Å². The van der Waals surface area contributed by atoms with Crippen LogP contribution in [0.1, 0.15) is 17.5 Å². The minimum Gasteiger partial charge on any atom is -0.487 e. The Hall–Kier alpha value is -2.20. The maximum Gasteiger partial charge on any atom is 0.138 e. The lowest BCUT2D eigenvalue weighted by atomic mass is 10.2. The van der Waals surface area contributed by atoms with E-state index in [0.717, 1.165) is 36.4 Å². The van der Waals surface area contributed by atoms with Crippen LogP contribution in [0.5, 0.6) is 5.75 Å². The molecule has 3 heterocycles. The van der Waals surface area contributed by atoms with Gasteiger partial charge in [-0.25, -0.2) is 0 Å². The Kier molecular flexibility index (Phi) is 4.26. The Morgan fingerprint density at radius 3 is 2.71 bits per heavy atom. The van der Waals surface area contributed by atoms with Crippen molar-refractivity contribution >= 4 is 12.2 Å². The third-order valence-electron chi connectivity index (χ3n) is 3.56. The third-order valence-corrected chi connectivity index (χ3v) is 3.56. The smallest absolute Gasteiger partial charge is 0.138 e. The molecule has 1 atom stereocenters. The lowest BCUT2D eigenvalue weighted by Crippen LogP contribution is -2.21. The summed E-state index contributed by atoms with van der Waals surface area (Å²) in [7, 11) is 2.12. The quantitative estimate of drug-likeness (QED) is 0.863. The Morgan fingerprint density at radius 1 is 1.14 bits per heavy atom. The average molecular weight is 281 g/mol. The summed E-state index contributed by atoms with van der Waals surface area (Å²) in [5.74, 6) is 0.840. The van der Waals surface area contributed by atoms with E-state index in [1.807, 2.05) is 36.5 Å². The molecule has 21 heavy (non-hydrogen) atoms. The summed E-state index contributed by atoms with van der Waals surface area (Å²) in [5, 5.41) is 0. The highest BCUT2D eigenvalue weighted by molar-refractivity contribution is 5.69. The second-order valence-electron chi connectivity index (χ2n) is 5.36. The monoisotopic (exact) mass is 281 g/mol. The first-order valence-electron chi connectivity index (χ1n) is 7.18. The van der Waals surface area contributed by atoms with Gasteiger partial charge in [-0.15, -0.1) is 0 Å². The number of ether oxygens (including phenoxy) is 1. The number of likely N-dealkylation sites (N-methyl/N-ethyl adjacent to an activating group) is 1. The Labute approximate surface area is 125 Å². The molecule has 0 aromatic carbocycles. The van der Waals surface area contributed by atoms with Crippen LogP contribution in [-0.2, 0) is 0 Å². The first-order chi connectivity index (χ1) is 10.3. The normalized spacial score (nSPS) is 19.2. The molecule has 4 heteroatoms. The predicted molar refractivity (Wildman–Crippen MR) is 83.9 cm³/mol. The van der Waals surface area contributed by atoms with E-state index in [2.05, 4.69) is 21.9 Å². The maximum absolute atomic E-state index is 5.99. The molecule has 0 amide bonds. The van der Waals surface area contributed by atoms with Crippen molar-refractivity contribution in [3.63, 3.8) is 0 Å². The van der Waals surface area contributed by atoms with Crippen molar-refractivity contribution in [2.45, 2.75) is 12.5 Å². The van der Waals surface area contributed by atoms with Gasteiger partial charge < -0.3 is 9.64 Å². The van der Waals surface area contributed by atoms with E-state index in [0.29, 0.717) is 0 Å². The van der Waals surface area contributed by atoms with E-state index in [-0.39, 0.29) is 6.10 Å². The Balaban J connectivity index is 1.67. The van der Waals surface area contributed by atoms with Gasteiger partial charge in [-0.3, -0.25) is 9.97 Å². The van der Waals surface area contributed by atoms with Crippen LogP contribution in [0.2, 0.25) is 0 Å². The zero-order valence-corrected chi connectivity index (χ0v) is 12.1. The summed E-state index contributed by atoms with van der Waals surface area (Å²) < 4.78 is 5.99. The minimum absolute atomic E-state index is 0.274. The fraction of sp³-hybridized carbons (Fsp3) is 0.294. The number of likely N-dealkylation sites (tertiary alicyclic amines) is 1. The molecule has 0 saturated carbocycles. The van der Waals surface area contributed by atoms with Crippen LogP contribution in [0.3, 0.4) is 0 Å². The summed E-state index contributed by atoms with van der Waals surface area (Å²) in [6.07, 6.45) is 12.6. The van der Waals surface area contributed by atoms with E-state index in [1.54, 1.807) is 18.6 Å². The molecule has 0 unspecified atom stereocenters. The van der Waals surface area contributed by atoms with Gasteiger partial charge in [-0.05, 0) is 42.8 Å². The summed E-state index contributed by atoms with van der Waals surface area (Å²) in [6, 6.07) is 5.97. The lowest BCUT2D eigenvalue weighted by Gasteiger charge is -2.13. The van der Waals surface area contributed by atoms with Crippen molar-refractivity contribution < 1.29 is 4.74 Å². The molecule has 0 aliphatic carbocycles. The number of pyridine rings is 2. The molecule has 1 aliphatic heterocycles. The van der Waals surface area contributed by atoms with Crippen LogP contribution in [0, 0.1) is 0 Å². The number of nitrogens with zero attached hydrogens (tertiary/aromatic N) is 3. The van der Waals surface area contributed by atoms with Gasteiger partial charge in [0.1, 0.15) is 11.9 Å². The molecule has 1 saturated heterocycles. The summed E-state index contributed by atoms with van der Waals surface area (Å²) in [6.45, 7) is 2.08. The van der Waals surface area contributed by atoms with E-state index in [4.69, 9.17) is 4.74 Å². The molecule has 0 radical (unpaired) electrons. The lowest BCUT2D eigenvalue weighted by molar-refractivity contribution is 0.207. The zero-order valence-electron chi connectivity index (χ0n) is 12.1. The molecule has 0 spiro atoms. The average Bonchev–Trinajstić information content (AvgIpc) is 2.92. The van der Waals surface area contributed by atoms with Crippen molar-refractivity contribution in [2.75, 3.05) is 20.1 Å². The summed E-state index contributed by atoms with van der Waals surface area (Å²) in [5.41, 5.74) is 2.16. The maximum atomic E-state index is 5.99. The molecule has 3 rings (SSSR count). The highest BCUT2D eigenvalue weighted by Gasteiger charge is 2.20. The van der Waals surface area contributed by atoms with E-state index in [1.165, 1.54) is 0 Å². The molecular weight excluding hydrogens is 262 g/mol. The van der Waals surface area contributed by atoms with Gasteiger partial charge in [-0.2, -0.15) is 0 Å². The minimum atomic E-state index is 0.274. The zero-order chi connectivity index (χ0) is 14.5. The molecule has 1 aliphatic rings. The second-order valence-corrected chi connectivity index (χ2v) is 5.36. The van der Waals surface area contributed by atoms with Crippen molar-refractivity contribution in [1.29, 1.82) is 0 Å². The van der Waals surface area contributed by atoms with Crippen LogP contribution in [0.15, 0.2) is 43.0 Å². The fourth-order valence-electron chi connectivity index (χ4n) is 2.44. The van der Waals surface area contributed by atoms with E-state index < -0.39 is 0 Å². The van der Waals surface area contributed by atoms with Crippen LogP contribution in [-0.4, -0.2) is 41.1 Å². The molecule has 4 nitrogen and oxygen atoms in total. The summed E-state index contributed by atoms with van der Waals surface area (Å²) in [4.78, 5) is 10.5. The number of hydrogen-bond donors (Lipinski definition) is 0. The number of aromatic nitrogens is 2. The van der Waals surface area contributed by atoms with Crippen molar-refractivity contribution in [2.24, 2.45) is 0 Å². The van der Waals surface area contributed by atoms with E-state index >= 15 is 0 Å². The third kappa shape index (κ3) is 3.89. The largest absolute Gasteiger partial charge is 0.487 e. The van der Waals surface area contributed by atoms with Crippen LogP contribution >= 0.6 is 0 Å². The molecule has 0 N–H and O–H groups in total. The van der Waals surface area contributed by atoms with Gasteiger partial charge in [0, 0.05) is 31.7 Å². The molecular formula is C17H19N3O. The van der Waals surface area contributed by atoms with Gasteiger partial charge in [0.05, 0.1) is 6.20 Å². The number of hydrogen-bond acceptors (Lipinski definition) is 4.